The average Bonchev–Trinajstić information content (AvgIpc) is 2.46. The van der Waals surface area contributed by atoms with Gasteiger partial charge < -0.3 is 15.2 Å². The SMILES string of the molecule is CC(C)(C)OC(=O)N[C@@H]1CC[C@H](CC(=O)O)C1. The predicted octanol–water partition coefficient (Wildman–Crippen LogP) is 2.15. The van der Waals surface area contributed by atoms with Gasteiger partial charge in [0.2, 0.25) is 0 Å². The minimum Gasteiger partial charge on any atom is -0.481 e. The Morgan fingerprint density at radius 2 is 2.00 bits per heavy atom. The molecular weight excluding hydrogens is 222 g/mol. The molecule has 0 unspecified atom stereocenters. The number of carboxylic acids is 1. The molecule has 0 radical (unpaired) electrons. The number of hydrogen-bond acceptors (Lipinski definition) is 3. The molecule has 1 amide bonds. The number of amides is 1. The Balaban J connectivity index is 2.30. The minimum absolute atomic E-state index is 0.0502. The molecule has 0 spiro atoms. The molecule has 1 aliphatic carbocycles. The van der Waals surface area contributed by atoms with E-state index in [0.717, 1.165) is 19.3 Å². The zero-order valence-electron chi connectivity index (χ0n) is 10.7. The van der Waals surface area contributed by atoms with Crippen molar-refractivity contribution in [3.63, 3.8) is 0 Å². The van der Waals surface area contributed by atoms with Gasteiger partial charge in [-0.2, -0.15) is 0 Å². The van der Waals surface area contributed by atoms with Gasteiger partial charge in [-0.3, -0.25) is 4.79 Å². The van der Waals surface area contributed by atoms with Crippen LogP contribution in [0, 0.1) is 5.92 Å². The number of carbonyl (C=O) groups is 2. The van der Waals surface area contributed by atoms with Gasteiger partial charge in [0, 0.05) is 12.5 Å². The van der Waals surface area contributed by atoms with Crippen molar-refractivity contribution < 1.29 is 19.4 Å². The maximum Gasteiger partial charge on any atom is 0.407 e. The van der Waals surface area contributed by atoms with Gasteiger partial charge in [-0.1, -0.05) is 0 Å². The highest BCUT2D eigenvalue weighted by atomic mass is 16.6. The molecule has 0 aliphatic heterocycles. The fourth-order valence-electron chi connectivity index (χ4n) is 2.11. The van der Waals surface area contributed by atoms with Crippen molar-refractivity contribution in [3.8, 4) is 0 Å². The minimum atomic E-state index is -0.770. The number of carboxylic acid groups (broad SMARTS) is 1. The molecule has 0 heterocycles. The summed E-state index contributed by atoms with van der Waals surface area (Å²) < 4.78 is 5.15. The Labute approximate surface area is 102 Å². The van der Waals surface area contributed by atoms with Crippen molar-refractivity contribution in [2.75, 3.05) is 0 Å². The van der Waals surface area contributed by atoms with Crippen LogP contribution in [0.3, 0.4) is 0 Å². The van der Waals surface area contributed by atoms with E-state index >= 15 is 0 Å². The zero-order valence-corrected chi connectivity index (χ0v) is 10.7. The maximum absolute atomic E-state index is 11.5. The van der Waals surface area contributed by atoms with E-state index in [9.17, 15) is 9.59 Å². The number of ether oxygens (including phenoxy) is 1. The number of nitrogens with one attached hydrogen (secondary N) is 1. The third-order valence-electron chi connectivity index (χ3n) is 2.73. The van der Waals surface area contributed by atoms with Gasteiger partial charge in [0.15, 0.2) is 0 Å². The lowest BCUT2D eigenvalue weighted by Crippen LogP contribution is -2.38. The van der Waals surface area contributed by atoms with E-state index in [1.54, 1.807) is 0 Å². The molecule has 5 nitrogen and oxygen atoms in total. The molecular formula is C12H21NO4. The number of rotatable bonds is 3. The largest absolute Gasteiger partial charge is 0.481 e. The second kappa shape index (κ2) is 5.38. The average molecular weight is 243 g/mol. The Bertz CT molecular complexity index is 295. The van der Waals surface area contributed by atoms with Crippen LogP contribution in [-0.2, 0) is 9.53 Å². The number of carbonyl (C=O) groups excluding carboxylic acids is 1. The Hall–Kier alpha value is -1.26. The van der Waals surface area contributed by atoms with Crippen LogP contribution in [0.2, 0.25) is 0 Å². The molecule has 2 atom stereocenters. The first-order valence-electron chi connectivity index (χ1n) is 5.97. The van der Waals surface area contributed by atoms with Gasteiger partial charge in [0.05, 0.1) is 0 Å². The second-order valence-electron chi connectivity index (χ2n) is 5.62. The van der Waals surface area contributed by atoms with Crippen LogP contribution in [0.1, 0.15) is 46.5 Å². The summed E-state index contributed by atoms with van der Waals surface area (Å²) in [7, 11) is 0. The molecule has 2 N–H and O–H groups in total. The zero-order chi connectivity index (χ0) is 13.1. The Morgan fingerprint density at radius 1 is 1.35 bits per heavy atom. The third-order valence-corrected chi connectivity index (χ3v) is 2.73. The maximum atomic E-state index is 11.5. The number of alkyl carbamates (subject to hydrolysis) is 1. The summed E-state index contributed by atoms with van der Waals surface area (Å²) in [4.78, 5) is 22.1. The summed E-state index contributed by atoms with van der Waals surface area (Å²) in [5.74, 6) is -0.597. The molecule has 0 saturated heterocycles. The van der Waals surface area contributed by atoms with Crippen LogP contribution >= 0.6 is 0 Å². The fourth-order valence-corrected chi connectivity index (χ4v) is 2.11. The third kappa shape index (κ3) is 5.56. The van der Waals surface area contributed by atoms with Gasteiger partial charge in [-0.05, 0) is 46.0 Å². The number of aliphatic carboxylic acids is 1. The highest BCUT2D eigenvalue weighted by Gasteiger charge is 2.28. The van der Waals surface area contributed by atoms with E-state index in [-0.39, 0.29) is 18.4 Å². The lowest BCUT2D eigenvalue weighted by Gasteiger charge is -2.21. The van der Waals surface area contributed by atoms with Gasteiger partial charge >= 0.3 is 12.1 Å². The monoisotopic (exact) mass is 243 g/mol. The number of hydrogen-bond donors (Lipinski definition) is 2. The Kier molecular flexibility index (Phi) is 4.37. The van der Waals surface area contributed by atoms with Crippen molar-refractivity contribution >= 4 is 12.1 Å². The topological polar surface area (TPSA) is 75.6 Å². The molecule has 1 rings (SSSR count). The van der Waals surface area contributed by atoms with Crippen molar-refractivity contribution in [3.05, 3.63) is 0 Å². The summed E-state index contributed by atoms with van der Waals surface area (Å²) >= 11 is 0. The van der Waals surface area contributed by atoms with E-state index in [4.69, 9.17) is 9.84 Å². The molecule has 0 aromatic heterocycles. The smallest absolute Gasteiger partial charge is 0.407 e. The fraction of sp³-hybridized carbons (Fsp3) is 0.833. The first-order chi connectivity index (χ1) is 7.76. The van der Waals surface area contributed by atoms with Crippen molar-refractivity contribution in [2.24, 2.45) is 5.92 Å². The highest BCUT2D eigenvalue weighted by Crippen LogP contribution is 2.28. The van der Waals surface area contributed by atoms with Crippen LogP contribution < -0.4 is 5.32 Å². The van der Waals surface area contributed by atoms with E-state index in [1.165, 1.54) is 0 Å². The van der Waals surface area contributed by atoms with Crippen LogP contribution in [0.4, 0.5) is 4.79 Å². The van der Waals surface area contributed by atoms with Crippen LogP contribution in [-0.4, -0.2) is 28.8 Å². The van der Waals surface area contributed by atoms with Crippen molar-refractivity contribution in [1.29, 1.82) is 0 Å². The molecule has 0 bridgehead atoms. The molecule has 1 saturated carbocycles. The Morgan fingerprint density at radius 3 is 2.53 bits per heavy atom. The van der Waals surface area contributed by atoms with Crippen molar-refractivity contribution in [2.45, 2.75) is 58.1 Å². The first-order valence-corrected chi connectivity index (χ1v) is 5.97. The van der Waals surface area contributed by atoms with Crippen molar-refractivity contribution in [1.82, 2.24) is 5.32 Å². The lowest BCUT2D eigenvalue weighted by molar-refractivity contribution is -0.138. The molecule has 17 heavy (non-hydrogen) atoms. The standard InChI is InChI=1S/C12H21NO4/c1-12(2,3)17-11(16)13-9-5-4-8(6-9)7-10(14)15/h8-9H,4-7H2,1-3H3,(H,13,16)(H,14,15)/t8-,9+/m0/s1. The van der Waals surface area contributed by atoms with E-state index < -0.39 is 17.7 Å². The lowest BCUT2D eigenvalue weighted by atomic mass is 10.0. The predicted molar refractivity (Wildman–Crippen MR) is 62.8 cm³/mol. The molecule has 98 valence electrons. The van der Waals surface area contributed by atoms with E-state index in [2.05, 4.69) is 5.32 Å². The molecule has 0 aromatic rings. The summed E-state index contributed by atoms with van der Waals surface area (Å²) in [6, 6.07) is 0.0502. The van der Waals surface area contributed by atoms with Crippen LogP contribution in [0.5, 0.6) is 0 Å². The highest BCUT2D eigenvalue weighted by molar-refractivity contribution is 5.68. The summed E-state index contributed by atoms with van der Waals surface area (Å²) in [6.45, 7) is 5.44. The molecule has 1 fully saturated rings. The van der Waals surface area contributed by atoms with Gasteiger partial charge in [-0.25, -0.2) is 4.79 Å². The summed E-state index contributed by atoms with van der Waals surface area (Å²) in [6.07, 6.45) is 2.18. The van der Waals surface area contributed by atoms with Gasteiger partial charge in [0.1, 0.15) is 5.60 Å². The van der Waals surface area contributed by atoms with E-state index in [1.807, 2.05) is 20.8 Å². The first kappa shape index (κ1) is 13.8. The summed E-state index contributed by atoms with van der Waals surface area (Å²) in [5, 5.41) is 11.5. The molecule has 1 aliphatic rings. The quantitative estimate of drug-likeness (QED) is 0.796. The van der Waals surface area contributed by atoms with Gasteiger partial charge in [-0.15, -0.1) is 0 Å². The normalized spacial score (nSPS) is 24.4. The second-order valence-corrected chi connectivity index (χ2v) is 5.62. The molecule has 5 heteroatoms. The summed E-state index contributed by atoms with van der Waals surface area (Å²) in [5.41, 5.74) is -0.497. The van der Waals surface area contributed by atoms with Gasteiger partial charge in [0.25, 0.3) is 0 Å². The van der Waals surface area contributed by atoms with Crippen LogP contribution in [0.15, 0.2) is 0 Å². The van der Waals surface area contributed by atoms with Crippen LogP contribution in [0.25, 0.3) is 0 Å². The van der Waals surface area contributed by atoms with E-state index in [0.29, 0.717) is 0 Å². The molecule has 0 aromatic carbocycles.